The molecule has 1 fully saturated rings. The maximum atomic E-state index is 12.0. The van der Waals surface area contributed by atoms with Gasteiger partial charge < -0.3 is 10.1 Å². The van der Waals surface area contributed by atoms with Crippen molar-refractivity contribution >= 4 is 44.9 Å². The predicted molar refractivity (Wildman–Crippen MR) is 79.0 cm³/mol. The van der Waals surface area contributed by atoms with Gasteiger partial charge in [-0.3, -0.25) is 4.79 Å². The van der Waals surface area contributed by atoms with Gasteiger partial charge >= 0.3 is 0 Å². The summed E-state index contributed by atoms with van der Waals surface area (Å²) in [5, 5.41) is 2.91. The first-order chi connectivity index (χ1) is 9.26. The Morgan fingerprint density at radius 1 is 1.58 bits per heavy atom. The van der Waals surface area contributed by atoms with Gasteiger partial charge in [-0.2, -0.15) is 0 Å². The summed E-state index contributed by atoms with van der Waals surface area (Å²) in [6.07, 6.45) is 3.49. The molecular formula is C13H14N2O2S2. The van der Waals surface area contributed by atoms with E-state index in [1.807, 2.05) is 24.5 Å². The van der Waals surface area contributed by atoms with Crippen molar-refractivity contribution in [3.63, 3.8) is 0 Å². The van der Waals surface area contributed by atoms with Crippen LogP contribution in [0.5, 0.6) is 0 Å². The van der Waals surface area contributed by atoms with Crippen LogP contribution in [0.4, 0.5) is 5.69 Å². The van der Waals surface area contributed by atoms with Gasteiger partial charge in [-0.1, -0.05) is 11.8 Å². The van der Waals surface area contributed by atoms with Crippen molar-refractivity contribution in [3.05, 3.63) is 18.2 Å². The minimum absolute atomic E-state index is 0.0496. The summed E-state index contributed by atoms with van der Waals surface area (Å²) in [7, 11) is 0. The molecule has 1 N–H and O–H groups in total. The number of carbonyl (C=O) groups excluding carboxylic acids is 1. The Balaban J connectivity index is 1.78. The second-order valence-corrected chi connectivity index (χ2v) is 6.44. The zero-order chi connectivity index (χ0) is 13.2. The van der Waals surface area contributed by atoms with Crippen LogP contribution >= 0.6 is 23.1 Å². The van der Waals surface area contributed by atoms with Gasteiger partial charge in [0, 0.05) is 12.3 Å². The van der Waals surface area contributed by atoms with Crippen LogP contribution in [0.1, 0.15) is 12.8 Å². The van der Waals surface area contributed by atoms with Crippen molar-refractivity contribution < 1.29 is 9.53 Å². The van der Waals surface area contributed by atoms with Crippen LogP contribution in [0.3, 0.4) is 0 Å². The van der Waals surface area contributed by atoms with Crippen molar-refractivity contribution in [2.75, 3.05) is 18.2 Å². The van der Waals surface area contributed by atoms with E-state index in [-0.39, 0.29) is 12.0 Å². The average molecular weight is 294 g/mol. The normalized spacial score (nSPS) is 18.9. The summed E-state index contributed by atoms with van der Waals surface area (Å²) >= 11 is 3.27. The number of rotatable bonds is 3. The maximum Gasteiger partial charge on any atom is 0.253 e. The SMILES string of the molecule is CSc1nc2ccc(NC(=O)[C@@H]3CCCO3)cc2s1. The van der Waals surface area contributed by atoms with Gasteiger partial charge in [0.05, 0.1) is 10.2 Å². The first kappa shape index (κ1) is 12.9. The summed E-state index contributed by atoms with van der Waals surface area (Å²) < 4.78 is 7.50. The number of benzene rings is 1. The van der Waals surface area contributed by atoms with Gasteiger partial charge in [0.1, 0.15) is 6.10 Å². The van der Waals surface area contributed by atoms with E-state index < -0.39 is 0 Å². The van der Waals surface area contributed by atoms with Gasteiger partial charge in [-0.25, -0.2) is 4.98 Å². The molecule has 4 nitrogen and oxygen atoms in total. The van der Waals surface area contributed by atoms with E-state index in [1.165, 1.54) is 0 Å². The smallest absolute Gasteiger partial charge is 0.253 e. The number of carbonyl (C=O) groups is 1. The van der Waals surface area contributed by atoms with Crippen LogP contribution in [0.2, 0.25) is 0 Å². The molecule has 0 unspecified atom stereocenters. The third-order valence-corrected chi connectivity index (χ3v) is 5.04. The van der Waals surface area contributed by atoms with E-state index in [2.05, 4.69) is 10.3 Å². The lowest BCUT2D eigenvalue weighted by atomic mass is 10.2. The second kappa shape index (κ2) is 5.48. The number of hydrogen-bond acceptors (Lipinski definition) is 5. The molecule has 1 aliphatic rings. The van der Waals surface area contributed by atoms with Gasteiger partial charge in [0.25, 0.3) is 5.91 Å². The first-order valence-electron chi connectivity index (χ1n) is 6.13. The second-order valence-electron chi connectivity index (χ2n) is 4.36. The predicted octanol–water partition coefficient (Wildman–Crippen LogP) is 3.14. The molecule has 1 saturated heterocycles. The molecule has 100 valence electrons. The zero-order valence-corrected chi connectivity index (χ0v) is 12.1. The Labute approximate surface area is 119 Å². The molecule has 1 amide bonds. The van der Waals surface area contributed by atoms with Crippen LogP contribution < -0.4 is 5.32 Å². The molecular weight excluding hydrogens is 280 g/mol. The Bertz CT molecular complexity index is 606. The minimum atomic E-state index is -0.293. The lowest BCUT2D eigenvalue weighted by molar-refractivity contribution is -0.124. The van der Waals surface area contributed by atoms with Crippen molar-refractivity contribution in [3.8, 4) is 0 Å². The van der Waals surface area contributed by atoms with Gasteiger partial charge in [-0.15, -0.1) is 11.3 Å². The fourth-order valence-electron chi connectivity index (χ4n) is 2.08. The standard InChI is InChI=1S/C13H14N2O2S2/c1-18-13-15-9-5-4-8(7-11(9)19-13)14-12(16)10-3-2-6-17-10/h4-5,7,10H,2-3,6H2,1H3,(H,14,16)/t10-/m0/s1. The third kappa shape index (κ3) is 2.75. The summed E-state index contributed by atoms with van der Waals surface area (Å²) in [4.78, 5) is 16.4. The lowest BCUT2D eigenvalue weighted by Crippen LogP contribution is -2.26. The number of anilines is 1. The summed E-state index contributed by atoms with van der Waals surface area (Å²) in [6.45, 7) is 0.684. The molecule has 0 saturated carbocycles. The highest BCUT2D eigenvalue weighted by atomic mass is 32.2. The third-order valence-electron chi connectivity index (χ3n) is 3.03. The van der Waals surface area contributed by atoms with E-state index >= 15 is 0 Å². The van der Waals surface area contributed by atoms with Gasteiger partial charge in [0.2, 0.25) is 0 Å². The molecule has 3 rings (SSSR count). The number of nitrogens with one attached hydrogen (secondary N) is 1. The summed E-state index contributed by atoms with van der Waals surface area (Å²) in [5.41, 5.74) is 1.79. The molecule has 1 atom stereocenters. The van der Waals surface area contributed by atoms with Crippen molar-refractivity contribution in [2.45, 2.75) is 23.3 Å². The maximum absolute atomic E-state index is 12.0. The molecule has 0 spiro atoms. The largest absolute Gasteiger partial charge is 0.368 e. The van der Waals surface area contributed by atoms with E-state index in [4.69, 9.17) is 4.74 Å². The fourth-order valence-corrected chi connectivity index (χ4v) is 3.60. The molecule has 2 aromatic rings. The molecule has 1 aliphatic heterocycles. The Morgan fingerprint density at radius 2 is 2.47 bits per heavy atom. The van der Waals surface area contributed by atoms with E-state index in [0.717, 1.165) is 33.1 Å². The number of hydrogen-bond donors (Lipinski definition) is 1. The minimum Gasteiger partial charge on any atom is -0.368 e. The van der Waals surface area contributed by atoms with Crippen molar-refractivity contribution in [1.29, 1.82) is 0 Å². The topological polar surface area (TPSA) is 51.2 Å². The van der Waals surface area contributed by atoms with Crippen LogP contribution in [-0.2, 0) is 9.53 Å². The lowest BCUT2D eigenvalue weighted by Gasteiger charge is -2.10. The van der Waals surface area contributed by atoms with Crippen LogP contribution in [0, 0.1) is 0 Å². The number of fused-ring (bicyclic) bond motifs is 1. The zero-order valence-electron chi connectivity index (χ0n) is 10.5. The Hall–Kier alpha value is -1.11. The van der Waals surface area contributed by atoms with Crippen LogP contribution in [-0.4, -0.2) is 29.9 Å². The van der Waals surface area contributed by atoms with Crippen LogP contribution in [0.15, 0.2) is 22.5 Å². The molecule has 0 aliphatic carbocycles. The Morgan fingerprint density at radius 3 is 3.21 bits per heavy atom. The monoisotopic (exact) mass is 294 g/mol. The summed E-state index contributed by atoms with van der Waals surface area (Å²) in [6, 6.07) is 5.80. The fraction of sp³-hybridized carbons (Fsp3) is 0.385. The van der Waals surface area contributed by atoms with E-state index in [9.17, 15) is 4.79 Å². The number of ether oxygens (including phenoxy) is 1. The van der Waals surface area contributed by atoms with Crippen molar-refractivity contribution in [2.24, 2.45) is 0 Å². The highest BCUT2D eigenvalue weighted by Crippen LogP contribution is 2.30. The number of thiazole rings is 1. The van der Waals surface area contributed by atoms with Gasteiger partial charge in [0.15, 0.2) is 4.34 Å². The molecule has 0 radical (unpaired) electrons. The summed E-state index contributed by atoms with van der Waals surface area (Å²) in [5.74, 6) is -0.0496. The molecule has 1 aromatic carbocycles. The number of aromatic nitrogens is 1. The molecule has 0 bridgehead atoms. The van der Waals surface area contributed by atoms with E-state index in [1.54, 1.807) is 23.1 Å². The quantitative estimate of drug-likeness (QED) is 0.884. The number of amides is 1. The van der Waals surface area contributed by atoms with E-state index in [0.29, 0.717) is 6.61 Å². The average Bonchev–Trinajstić information content (AvgIpc) is 3.07. The molecule has 6 heteroatoms. The Kier molecular flexibility index (Phi) is 3.72. The molecule has 2 heterocycles. The number of thioether (sulfide) groups is 1. The van der Waals surface area contributed by atoms with Gasteiger partial charge in [-0.05, 0) is 37.3 Å². The number of nitrogens with zero attached hydrogens (tertiary/aromatic N) is 1. The molecule has 19 heavy (non-hydrogen) atoms. The molecule has 1 aromatic heterocycles. The highest BCUT2D eigenvalue weighted by molar-refractivity contribution is 8.00. The van der Waals surface area contributed by atoms with Crippen molar-refractivity contribution in [1.82, 2.24) is 4.98 Å². The highest BCUT2D eigenvalue weighted by Gasteiger charge is 2.23. The first-order valence-corrected chi connectivity index (χ1v) is 8.17. The van der Waals surface area contributed by atoms with Crippen LogP contribution in [0.25, 0.3) is 10.2 Å².